The molecule has 0 spiro atoms. The second kappa shape index (κ2) is 5.61. The third-order valence-corrected chi connectivity index (χ3v) is 5.80. The van der Waals surface area contributed by atoms with Gasteiger partial charge in [0, 0.05) is 28.8 Å². The van der Waals surface area contributed by atoms with Crippen LogP contribution in [0.5, 0.6) is 0 Å². The molecule has 2 aliphatic heterocycles. The lowest BCUT2D eigenvalue weighted by atomic mass is 10.0. The summed E-state index contributed by atoms with van der Waals surface area (Å²) in [5.74, 6) is -0.832. The molecule has 3 heterocycles. The van der Waals surface area contributed by atoms with Crippen LogP contribution in [0.4, 0.5) is 0 Å². The number of thioether (sulfide) groups is 1. The first-order valence-corrected chi connectivity index (χ1v) is 8.65. The maximum Gasteiger partial charge on any atom is 0.352 e. The lowest BCUT2D eigenvalue weighted by Crippen LogP contribution is -2.68. The minimum atomic E-state index is -1.07. The molecule has 122 valence electrons. The third-order valence-electron chi connectivity index (χ3n) is 4.44. The van der Waals surface area contributed by atoms with Crippen molar-refractivity contribution in [1.29, 1.82) is 0 Å². The number of nitrogens with two attached hydrogens (primary N) is 1. The Bertz CT molecular complexity index is 890. The van der Waals surface area contributed by atoms with E-state index in [-0.39, 0.29) is 17.0 Å². The Labute approximate surface area is 142 Å². The number of aliphatic carboxylic acids is 1. The number of fused-ring (bicyclic) bond motifs is 2. The molecule has 1 unspecified atom stereocenters. The Morgan fingerprint density at radius 1 is 1.33 bits per heavy atom. The van der Waals surface area contributed by atoms with Gasteiger partial charge in [-0.2, -0.15) is 4.57 Å². The molecule has 6 nitrogen and oxygen atoms in total. The minimum absolute atomic E-state index is 0.0888. The molecule has 0 aliphatic carbocycles. The molecule has 1 aromatic heterocycles. The maximum absolute atomic E-state index is 12.0. The zero-order valence-corrected chi connectivity index (χ0v) is 13.6. The molecule has 1 amide bonds. The highest BCUT2D eigenvalue weighted by Crippen LogP contribution is 2.39. The summed E-state index contributed by atoms with van der Waals surface area (Å²) in [6.07, 6.45) is 1.93. The summed E-state index contributed by atoms with van der Waals surface area (Å²) in [7, 11) is 0. The molecule has 1 saturated heterocycles. The van der Waals surface area contributed by atoms with Crippen molar-refractivity contribution in [2.75, 3.05) is 5.75 Å². The molecule has 2 aromatic rings. The number of β-lactam (4-membered cyclic amide) rings is 1. The number of carboxylic acid groups (broad SMARTS) is 1. The van der Waals surface area contributed by atoms with Crippen LogP contribution in [0.3, 0.4) is 0 Å². The van der Waals surface area contributed by atoms with Crippen molar-refractivity contribution in [3.05, 3.63) is 53.9 Å². The molecular formula is C17H16N3O3S+. The maximum atomic E-state index is 12.0. The van der Waals surface area contributed by atoms with Crippen molar-refractivity contribution in [2.45, 2.75) is 18.0 Å². The van der Waals surface area contributed by atoms with Gasteiger partial charge in [-0.15, -0.1) is 11.8 Å². The number of para-hydroxylation sites is 1. The lowest BCUT2D eigenvalue weighted by molar-refractivity contribution is -0.663. The molecule has 0 saturated carbocycles. The Hall–Kier alpha value is -2.38. The van der Waals surface area contributed by atoms with Crippen molar-refractivity contribution < 1.29 is 19.3 Å². The molecule has 3 N–H and O–H groups in total. The predicted molar refractivity (Wildman–Crippen MR) is 89.9 cm³/mol. The van der Waals surface area contributed by atoms with Gasteiger partial charge in [-0.25, -0.2) is 4.79 Å². The molecule has 2 atom stereocenters. The van der Waals surface area contributed by atoms with Crippen molar-refractivity contribution in [3.8, 4) is 0 Å². The van der Waals surface area contributed by atoms with Crippen molar-refractivity contribution in [3.63, 3.8) is 0 Å². The molecule has 1 fully saturated rings. The lowest BCUT2D eigenvalue weighted by Gasteiger charge is -2.47. The number of carbonyl (C=O) groups is 2. The van der Waals surface area contributed by atoms with Crippen LogP contribution in [0, 0.1) is 0 Å². The molecule has 7 heteroatoms. The number of hydrogen-bond acceptors (Lipinski definition) is 4. The van der Waals surface area contributed by atoms with Gasteiger partial charge in [0.15, 0.2) is 12.7 Å². The second-order valence-electron chi connectivity index (χ2n) is 5.89. The van der Waals surface area contributed by atoms with Gasteiger partial charge in [0.25, 0.3) is 0 Å². The van der Waals surface area contributed by atoms with Crippen LogP contribution < -0.4 is 10.3 Å². The summed E-state index contributed by atoms with van der Waals surface area (Å²) in [6.45, 7) is 0.432. The molecule has 2 aliphatic rings. The smallest absolute Gasteiger partial charge is 0.352 e. The fourth-order valence-electron chi connectivity index (χ4n) is 3.27. The molecule has 0 radical (unpaired) electrons. The predicted octanol–water partition coefficient (Wildman–Crippen LogP) is 0.708. The number of carbonyl (C=O) groups excluding carboxylic acids is 1. The Morgan fingerprint density at radius 3 is 2.88 bits per heavy atom. The summed E-state index contributed by atoms with van der Waals surface area (Å²) >= 11 is 1.52. The fourth-order valence-corrected chi connectivity index (χ4v) is 4.55. The summed E-state index contributed by atoms with van der Waals surface area (Å²) < 4.78 is 2.01. The number of amides is 1. The number of hydrogen-bond donors (Lipinski definition) is 2. The van der Waals surface area contributed by atoms with Crippen LogP contribution in [-0.4, -0.2) is 39.1 Å². The highest BCUT2D eigenvalue weighted by molar-refractivity contribution is 8.00. The van der Waals surface area contributed by atoms with E-state index in [4.69, 9.17) is 5.73 Å². The van der Waals surface area contributed by atoms with Crippen molar-refractivity contribution in [2.24, 2.45) is 5.73 Å². The fraction of sp³-hybridized carbons (Fsp3) is 0.235. The standard InChI is InChI=1S/C17H15N3O3S/c18-13-15(21)20-14(17(22)23)11(9-24-16(13)20)8-19-7-3-5-10-4-1-2-6-12(10)19/h1-7,13,16H,8-9,18H2/p+1/t13?,16-/m0/s1. The van der Waals surface area contributed by atoms with Crippen molar-refractivity contribution >= 4 is 34.5 Å². The van der Waals surface area contributed by atoms with E-state index >= 15 is 0 Å². The summed E-state index contributed by atoms with van der Waals surface area (Å²) in [6, 6.07) is 11.3. The first kappa shape index (κ1) is 15.2. The van der Waals surface area contributed by atoms with Gasteiger partial charge in [0.05, 0.1) is 0 Å². The number of carboxylic acids is 1. The zero-order valence-electron chi connectivity index (χ0n) is 12.8. The van der Waals surface area contributed by atoms with Gasteiger partial charge in [0.1, 0.15) is 17.1 Å². The average molecular weight is 342 g/mol. The van der Waals surface area contributed by atoms with Gasteiger partial charge in [0.2, 0.25) is 11.4 Å². The average Bonchev–Trinajstić information content (AvgIpc) is 2.60. The van der Waals surface area contributed by atoms with Gasteiger partial charge < -0.3 is 10.8 Å². The number of benzene rings is 1. The second-order valence-corrected chi connectivity index (χ2v) is 6.99. The van der Waals surface area contributed by atoms with Crippen molar-refractivity contribution in [1.82, 2.24) is 4.90 Å². The van der Waals surface area contributed by atoms with Gasteiger partial charge in [-0.1, -0.05) is 12.1 Å². The van der Waals surface area contributed by atoms with Gasteiger partial charge in [-0.3, -0.25) is 9.69 Å². The number of rotatable bonds is 3. The van der Waals surface area contributed by atoms with E-state index in [1.54, 1.807) is 0 Å². The topological polar surface area (TPSA) is 87.5 Å². The van der Waals surface area contributed by atoms with E-state index in [9.17, 15) is 14.7 Å². The summed E-state index contributed by atoms with van der Waals surface area (Å²) in [4.78, 5) is 25.1. The highest BCUT2D eigenvalue weighted by atomic mass is 32.2. The quantitative estimate of drug-likeness (QED) is 0.634. The van der Waals surface area contributed by atoms with Crippen LogP contribution in [-0.2, 0) is 16.1 Å². The molecule has 24 heavy (non-hydrogen) atoms. The molecule has 4 rings (SSSR count). The number of pyridine rings is 1. The number of aromatic nitrogens is 1. The first-order valence-electron chi connectivity index (χ1n) is 7.60. The normalized spacial score (nSPS) is 23.2. The Balaban J connectivity index is 1.77. The summed E-state index contributed by atoms with van der Waals surface area (Å²) in [5, 5.41) is 10.4. The van der Waals surface area contributed by atoms with E-state index in [0.29, 0.717) is 12.3 Å². The monoisotopic (exact) mass is 342 g/mol. The van der Waals surface area contributed by atoms with Gasteiger partial charge >= 0.3 is 5.97 Å². The summed E-state index contributed by atoms with van der Waals surface area (Å²) in [5.41, 5.74) is 7.62. The highest BCUT2D eigenvalue weighted by Gasteiger charge is 2.52. The van der Waals surface area contributed by atoms with E-state index in [2.05, 4.69) is 0 Å². The largest absolute Gasteiger partial charge is 0.477 e. The van der Waals surface area contributed by atoms with Gasteiger partial charge in [-0.05, 0) is 12.1 Å². The number of nitrogens with zero attached hydrogens (tertiary/aromatic N) is 2. The first-order chi connectivity index (χ1) is 11.6. The van der Waals surface area contributed by atoms with E-state index in [0.717, 1.165) is 16.5 Å². The third kappa shape index (κ3) is 2.20. The minimum Gasteiger partial charge on any atom is -0.477 e. The van der Waals surface area contributed by atoms with Crippen LogP contribution in [0.15, 0.2) is 53.9 Å². The van der Waals surface area contributed by atoms with Crippen LogP contribution in [0.1, 0.15) is 0 Å². The Kier molecular flexibility index (Phi) is 3.54. The van der Waals surface area contributed by atoms with Crippen LogP contribution in [0.2, 0.25) is 0 Å². The zero-order chi connectivity index (χ0) is 16.8. The molecule has 1 aromatic carbocycles. The molecular weight excluding hydrogens is 326 g/mol. The molecule has 0 bridgehead atoms. The van der Waals surface area contributed by atoms with Crippen LogP contribution >= 0.6 is 11.8 Å². The van der Waals surface area contributed by atoms with E-state index < -0.39 is 12.0 Å². The van der Waals surface area contributed by atoms with E-state index in [1.807, 2.05) is 47.2 Å². The van der Waals surface area contributed by atoms with E-state index in [1.165, 1.54) is 16.7 Å². The SMILES string of the molecule is NC1C(=O)N2C(C(=O)O)=C(C[n+]3cccc4ccccc43)CS[C@@H]12. The van der Waals surface area contributed by atoms with Crippen LogP contribution in [0.25, 0.3) is 10.9 Å². The Morgan fingerprint density at radius 2 is 2.08 bits per heavy atom.